The third-order valence-electron chi connectivity index (χ3n) is 7.16. The molecular weight excluding hydrogens is 376 g/mol. The number of hydrogen-bond donors (Lipinski definition) is 0. The van der Waals surface area contributed by atoms with Crippen molar-refractivity contribution in [1.82, 2.24) is 19.9 Å². The molecule has 0 spiro atoms. The fraction of sp³-hybridized carbons (Fsp3) is 0.625. The summed E-state index contributed by atoms with van der Waals surface area (Å²) in [6, 6.07) is 11.1. The molecule has 6 nitrogen and oxygen atoms in total. The minimum Gasteiger partial charge on any atom is -0.339 e. The van der Waals surface area contributed by atoms with Gasteiger partial charge in [-0.2, -0.15) is 4.98 Å². The largest absolute Gasteiger partial charge is 0.339 e. The normalized spacial score (nSPS) is 27.5. The lowest BCUT2D eigenvalue weighted by atomic mass is 9.84. The summed E-state index contributed by atoms with van der Waals surface area (Å²) in [4.78, 5) is 22.6. The summed E-state index contributed by atoms with van der Waals surface area (Å²) in [5, 5.41) is 3.85. The molecule has 162 valence electrons. The van der Waals surface area contributed by atoms with Crippen molar-refractivity contribution >= 4 is 5.91 Å². The molecular formula is C24H34N4O2. The molecule has 2 fully saturated rings. The minimum absolute atomic E-state index is 0.0244. The molecule has 1 aromatic carbocycles. The van der Waals surface area contributed by atoms with Gasteiger partial charge in [-0.05, 0) is 58.7 Å². The lowest BCUT2D eigenvalue weighted by molar-refractivity contribution is -0.135. The van der Waals surface area contributed by atoms with Gasteiger partial charge in [-0.3, -0.25) is 9.69 Å². The maximum absolute atomic E-state index is 13.5. The van der Waals surface area contributed by atoms with Crippen LogP contribution in [0.25, 0.3) is 0 Å². The van der Waals surface area contributed by atoms with Gasteiger partial charge in [-0.15, -0.1) is 0 Å². The number of fused-ring (bicyclic) bond motifs is 1. The maximum atomic E-state index is 13.5. The van der Waals surface area contributed by atoms with E-state index in [4.69, 9.17) is 4.52 Å². The molecule has 0 unspecified atom stereocenters. The van der Waals surface area contributed by atoms with Crippen molar-refractivity contribution in [3.05, 3.63) is 47.6 Å². The summed E-state index contributed by atoms with van der Waals surface area (Å²) < 4.78 is 5.24. The second kappa shape index (κ2) is 8.88. The second-order valence-corrected chi connectivity index (χ2v) is 9.23. The van der Waals surface area contributed by atoms with E-state index in [-0.39, 0.29) is 23.5 Å². The number of nitrogens with zero attached hydrogens (tertiary/aromatic N) is 4. The van der Waals surface area contributed by atoms with Crippen LogP contribution in [0, 0.1) is 6.92 Å². The number of amides is 1. The van der Waals surface area contributed by atoms with Gasteiger partial charge < -0.3 is 9.42 Å². The molecule has 30 heavy (non-hydrogen) atoms. The monoisotopic (exact) mass is 410 g/mol. The molecule has 2 aliphatic rings. The van der Waals surface area contributed by atoms with Gasteiger partial charge in [-0.1, -0.05) is 48.3 Å². The van der Waals surface area contributed by atoms with E-state index in [1.54, 1.807) is 6.92 Å². The Bertz CT molecular complexity index is 852. The van der Waals surface area contributed by atoms with Gasteiger partial charge in [0.2, 0.25) is 11.8 Å². The van der Waals surface area contributed by atoms with E-state index in [1.807, 2.05) is 0 Å². The van der Waals surface area contributed by atoms with Crippen LogP contribution in [-0.2, 0) is 17.6 Å². The fourth-order valence-corrected chi connectivity index (χ4v) is 5.46. The van der Waals surface area contributed by atoms with E-state index in [9.17, 15) is 4.79 Å². The van der Waals surface area contributed by atoms with E-state index in [0.29, 0.717) is 24.6 Å². The predicted molar refractivity (Wildman–Crippen MR) is 116 cm³/mol. The quantitative estimate of drug-likeness (QED) is 0.750. The van der Waals surface area contributed by atoms with E-state index >= 15 is 0 Å². The molecule has 3 heterocycles. The van der Waals surface area contributed by atoms with Gasteiger partial charge in [0.1, 0.15) is 0 Å². The zero-order chi connectivity index (χ0) is 21.1. The Hall–Kier alpha value is -2.21. The van der Waals surface area contributed by atoms with Gasteiger partial charge in [0.05, 0.1) is 6.04 Å². The van der Waals surface area contributed by atoms with Gasteiger partial charge in [0, 0.05) is 24.4 Å². The number of aryl methyl sites for hydroxylation is 2. The molecule has 1 aromatic heterocycles. The Morgan fingerprint density at radius 1 is 1.23 bits per heavy atom. The smallest absolute Gasteiger partial charge is 0.227 e. The third-order valence-corrected chi connectivity index (χ3v) is 7.16. The average molecular weight is 411 g/mol. The number of carbonyl (C=O) groups excluding carboxylic acids is 1. The van der Waals surface area contributed by atoms with Crippen molar-refractivity contribution < 1.29 is 9.32 Å². The third kappa shape index (κ3) is 4.29. The molecule has 6 heteroatoms. The molecule has 3 atom stereocenters. The minimum atomic E-state index is 0.0244. The van der Waals surface area contributed by atoms with Crippen LogP contribution in [-0.4, -0.2) is 57.1 Å². The summed E-state index contributed by atoms with van der Waals surface area (Å²) in [6.45, 7) is 5.28. The number of benzene rings is 1. The standard InChI is InChI=1S/C24H34N4O2/c1-18-25-22(30-26-18)13-14-23(29)28-20(16-19-10-6-4-7-11-19)17-24(2)21(28)12-8-5-9-15-27(24)3/h4,6-7,10-11,20-21H,5,8-9,12-17H2,1-3H3/t20-,21+,24+/m1/s1. The van der Waals surface area contributed by atoms with E-state index in [1.165, 1.54) is 24.8 Å². The Balaban J connectivity index is 1.58. The van der Waals surface area contributed by atoms with E-state index in [0.717, 1.165) is 25.8 Å². The first-order chi connectivity index (χ1) is 14.5. The lowest BCUT2D eigenvalue weighted by Gasteiger charge is -2.43. The molecule has 1 amide bonds. The number of rotatable bonds is 5. The van der Waals surface area contributed by atoms with Crippen LogP contribution in [0.5, 0.6) is 0 Å². The zero-order valence-corrected chi connectivity index (χ0v) is 18.5. The highest BCUT2D eigenvalue weighted by Gasteiger charge is 2.52. The van der Waals surface area contributed by atoms with E-state index < -0.39 is 0 Å². The van der Waals surface area contributed by atoms with Gasteiger partial charge in [-0.25, -0.2) is 0 Å². The number of carbonyl (C=O) groups is 1. The lowest BCUT2D eigenvalue weighted by Crippen LogP contribution is -2.55. The van der Waals surface area contributed by atoms with Crippen molar-refractivity contribution in [3.63, 3.8) is 0 Å². The predicted octanol–water partition coefficient (Wildman–Crippen LogP) is 3.79. The van der Waals surface area contributed by atoms with Crippen LogP contribution in [0.2, 0.25) is 0 Å². The molecule has 0 saturated carbocycles. The van der Waals surface area contributed by atoms with Crippen molar-refractivity contribution in [2.24, 2.45) is 0 Å². The first-order valence-electron chi connectivity index (χ1n) is 11.3. The second-order valence-electron chi connectivity index (χ2n) is 9.23. The highest BCUT2D eigenvalue weighted by molar-refractivity contribution is 5.78. The molecule has 0 bridgehead atoms. The maximum Gasteiger partial charge on any atom is 0.227 e. The Morgan fingerprint density at radius 3 is 2.77 bits per heavy atom. The van der Waals surface area contributed by atoms with Crippen LogP contribution in [0.1, 0.15) is 62.7 Å². The highest BCUT2D eigenvalue weighted by Crippen LogP contribution is 2.42. The summed E-state index contributed by atoms with van der Waals surface area (Å²) in [5.74, 6) is 1.39. The summed E-state index contributed by atoms with van der Waals surface area (Å²) in [6.07, 6.45) is 7.61. The van der Waals surface area contributed by atoms with Crippen molar-refractivity contribution in [2.45, 2.75) is 82.8 Å². The van der Waals surface area contributed by atoms with Crippen molar-refractivity contribution in [2.75, 3.05) is 13.6 Å². The molecule has 0 radical (unpaired) electrons. The zero-order valence-electron chi connectivity index (χ0n) is 18.5. The molecule has 2 saturated heterocycles. The number of likely N-dealkylation sites (N-methyl/N-ethyl adjacent to an activating group) is 1. The molecule has 4 rings (SSSR count). The molecule has 0 N–H and O–H groups in total. The van der Waals surface area contributed by atoms with Crippen LogP contribution in [0.3, 0.4) is 0 Å². The van der Waals surface area contributed by atoms with Crippen LogP contribution >= 0.6 is 0 Å². The average Bonchev–Trinajstić information content (AvgIpc) is 3.26. The number of likely N-dealkylation sites (tertiary alicyclic amines) is 2. The first-order valence-corrected chi connectivity index (χ1v) is 11.3. The number of hydrogen-bond acceptors (Lipinski definition) is 5. The van der Waals surface area contributed by atoms with Gasteiger partial charge in [0.25, 0.3) is 0 Å². The highest BCUT2D eigenvalue weighted by atomic mass is 16.5. The Kier molecular flexibility index (Phi) is 6.23. The van der Waals surface area contributed by atoms with Crippen LogP contribution in [0.4, 0.5) is 0 Å². The Morgan fingerprint density at radius 2 is 2.03 bits per heavy atom. The van der Waals surface area contributed by atoms with Crippen LogP contribution < -0.4 is 0 Å². The van der Waals surface area contributed by atoms with E-state index in [2.05, 4.69) is 64.2 Å². The Labute approximate surface area is 179 Å². The van der Waals surface area contributed by atoms with Crippen molar-refractivity contribution in [1.29, 1.82) is 0 Å². The first kappa shape index (κ1) is 21.0. The van der Waals surface area contributed by atoms with Crippen LogP contribution in [0.15, 0.2) is 34.9 Å². The topological polar surface area (TPSA) is 62.5 Å². The summed E-state index contributed by atoms with van der Waals surface area (Å²) >= 11 is 0. The van der Waals surface area contributed by atoms with Crippen molar-refractivity contribution in [3.8, 4) is 0 Å². The van der Waals surface area contributed by atoms with Gasteiger partial charge >= 0.3 is 0 Å². The summed E-state index contributed by atoms with van der Waals surface area (Å²) in [5.41, 5.74) is 1.32. The summed E-state index contributed by atoms with van der Waals surface area (Å²) in [7, 11) is 2.24. The number of aromatic nitrogens is 2. The van der Waals surface area contributed by atoms with Gasteiger partial charge in [0.15, 0.2) is 5.82 Å². The molecule has 2 aromatic rings. The SMILES string of the molecule is Cc1noc(CCC(=O)N2[C@H](Cc3ccccc3)C[C@@]3(C)[C@@H]2CCCCCN3C)n1. The fourth-order valence-electron chi connectivity index (χ4n) is 5.46. The molecule has 0 aliphatic carbocycles. The molecule has 2 aliphatic heterocycles.